The lowest BCUT2D eigenvalue weighted by Crippen LogP contribution is -2.53. The summed E-state index contributed by atoms with van der Waals surface area (Å²) in [6.07, 6.45) is -0.626. The van der Waals surface area contributed by atoms with Crippen molar-refractivity contribution in [1.29, 1.82) is 0 Å². The minimum absolute atomic E-state index is 0.0639. The molecule has 2 aromatic heterocycles. The minimum atomic E-state index is -4.42. The van der Waals surface area contributed by atoms with E-state index in [4.69, 9.17) is 4.74 Å². The number of rotatable bonds is 8. The van der Waals surface area contributed by atoms with Crippen molar-refractivity contribution < 1.29 is 23.0 Å². The third-order valence-electron chi connectivity index (χ3n) is 6.65. The minimum Gasteiger partial charge on any atom is -0.492 e. The Labute approximate surface area is 197 Å². The van der Waals surface area contributed by atoms with Gasteiger partial charge in [0.25, 0.3) is 0 Å². The molecule has 9 heteroatoms. The van der Waals surface area contributed by atoms with Crippen molar-refractivity contribution in [3.05, 3.63) is 59.1 Å². The van der Waals surface area contributed by atoms with Crippen LogP contribution in [0.15, 0.2) is 42.1 Å². The van der Waals surface area contributed by atoms with Crippen LogP contribution in [0.3, 0.4) is 0 Å². The van der Waals surface area contributed by atoms with Crippen LogP contribution >= 0.6 is 0 Å². The molecule has 6 nitrogen and oxygen atoms in total. The molecule has 3 heterocycles. The lowest BCUT2D eigenvalue weighted by Gasteiger charge is -2.49. The van der Waals surface area contributed by atoms with E-state index < -0.39 is 18.0 Å². The van der Waals surface area contributed by atoms with Crippen molar-refractivity contribution in [2.45, 2.75) is 52.1 Å². The number of ether oxygens (including phenoxy) is 1. The molecule has 0 amide bonds. The van der Waals surface area contributed by atoms with Crippen LogP contribution in [0.5, 0.6) is 5.75 Å². The summed E-state index contributed by atoms with van der Waals surface area (Å²) in [7, 11) is 0. The third kappa shape index (κ3) is 5.20. The monoisotopic (exact) mass is 476 g/mol. The highest BCUT2D eigenvalue weighted by atomic mass is 19.4. The van der Waals surface area contributed by atoms with Crippen LogP contribution in [0.25, 0.3) is 0 Å². The standard InChI is InChI=1S/C25H31F3N4O2/c1-4-9-34-21-7-5-16(3)31-23(21)24(33)32-14-20-15(2)10-17(20)11-19(32)13-30-22-8-6-18(12-29-22)25(26,27)28/h5-8,10,12,17,19-20,24,33H,4,9,11,13-14H2,1-3H3,(H,29,30)/t17?,19?,20-,24?/m1/s1. The number of aryl methyl sites for hydroxylation is 1. The Morgan fingerprint density at radius 2 is 2.03 bits per heavy atom. The van der Waals surface area contributed by atoms with Crippen LogP contribution in [0.1, 0.15) is 49.9 Å². The molecule has 0 radical (unpaired) electrons. The normalized spacial score (nSPS) is 23.5. The van der Waals surface area contributed by atoms with Gasteiger partial charge < -0.3 is 15.2 Å². The van der Waals surface area contributed by atoms with Gasteiger partial charge in [-0.05, 0) is 62.8 Å². The summed E-state index contributed by atoms with van der Waals surface area (Å²) in [5.41, 5.74) is 1.81. The Morgan fingerprint density at radius 3 is 2.68 bits per heavy atom. The summed E-state index contributed by atoms with van der Waals surface area (Å²) in [4.78, 5) is 10.5. The molecule has 3 unspecified atom stereocenters. The van der Waals surface area contributed by atoms with Gasteiger partial charge in [-0.3, -0.25) is 9.88 Å². The van der Waals surface area contributed by atoms with E-state index in [1.54, 1.807) is 0 Å². The maximum atomic E-state index is 12.8. The summed E-state index contributed by atoms with van der Waals surface area (Å²) in [6.45, 7) is 7.64. The number of anilines is 1. The summed E-state index contributed by atoms with van der Waals surface area (Å²) in [6, 6.07) is 6.00. The number of aromatic nitrogens is 2. The molecule has 1 saturated heterocycles. The van der Waals surface area contributed by atoms with E-state index in [0.29, 0.717) is 48.8 Å². The van der Waals surface area contributed by atoms with E-state index in [1.165, 1.54) is 11.6 Å². The summed E-state index contributed by atoms with van der Waals surface area (Å²) in [5.74, 6) is 1.74. The lowest BCUT2D eigenvalue weighted by molar-refractivity contribution is -0.137. The molecule has 2 N–H and O–H groups in total. The number of piperidine rings is 1. The number of nitrogens with one attached hydrogen (secondary N) is 1. The van der Waals surface area contributed by atoms with Crippen molar-refractivity contribution >= 4 is 5.82 Å². The molecule has 4 atom stereocenters. The molecule has 0 bridgehead atoms. The van der Waals surface area contributed by atoms with E-state index in [2.05, 4.69) is 28.3 Å². The molecular weight excluding hydrogens is 445 g/mol. The Bertz CT molecular complexity index is 1030. The average Bonchev–Trinajstić information content (AvgIpc) is 2.80. The van der Waals surface area contributed by atoms with Gasteiger partial charge in [0.05, 0.1) is 12.2 Å². The zero-order valence-corrected chi connectivity index (χ0v) is 19.6. The van der Waals surface area contributed by atoms with E-state index in [9.17, 15) is 18.3 Å². The van der Waals surface area contributed by atoms with Gasteiger partial charge in [0.1, 0.15) is 17.3 Å². The lowest BCUT2D eigenvalue weighted by atomic mass is 9.69. The number of hydrogen-bond donors (Lipinski definition) is 2. The van der Waals surface area contributed by atoms with Gasteiger partial charge in [0, 0.05) is 31.0 Å². The van der Waals surface area contributed by atoms with Crippen molar-refractivity contribution in [2.24, 2.45) is 11.8 Å². The topological polar surface area (TPSA) is 70.5 Å². The van der Waals surface area contributed by atoms with Gasteiger partial charge in [-0.2, -0.15) is 13.2 Å². The number of hydrogen-bond acceptors (Lipinski definition) is 6. The molecule has 1 aliphatic heterocycles. The number of pyridine rings is 2. The van der Waals surface area contributed by atoms with Crippen molar-refractivity contribution in [3.63, 3.8) is 0 Å². The van der Waals surface area contributed by atoms with Crippen LogP contribution in [-0.4, -0.2) is 45.7 Å². The number of fused-ring (bicyclic) bond motifs is 1. The fourth-order valence-electron chi connectivity index (χ4n) is 4.76. The van der Waals surface area contributed by atoms with Crippen LogP contribution in [-0.2, 0) is 6.18 Å². The smallest absolute Gasteiger partial charge is 0.417 e. The molecule has 4 rings (SSSR count). The van der Waals surface area contributed by atoms with Gasteiger partial charge >= 0.3 is 6.18 Å². The second-order valence-corrected chi connectivity index (χ2v) is 9.14. The SMILES string of the molecule is CCCOc1ccc(C)nc1C(O)N1C[C@@H]2C(C)=CC2CC1CNc1ccc(C(F)(F)F)cn1. The molecule has 1 fully saturated rings. The van der Waals surface area contributed by atoms with Gasteiger partial charge in [0.2, 0.25) is 0 Å². The van der Waals surface area contributed by atoms with E-state index >= 15 is 0 Å². The van der Waals surface area contributed by atoms with Crippen LogP contribution in [0, 0.1) is 18.8 Å². The van der Waals surface area contributed by atoms with Gasteiger partial charge in [-0.15, -0.1) is 0 Å². The Kier molecular flexibility index (Phi) is 7.14. The van der Waals surface area contributed by atoms with Gasteiger partial charge in [-0.25, -0.2) is 4.98 Å². The quantitative estimate of drug-likeness (QED) is 0.525. The molecule has 184 valence electrons. The summed E-state index contributed by atoms with van der Waals surface area (Å²) < 4.78 is 44.4. The maximum Gasteiger partial charge on any atom is 0.417 e. The Hall–Kier alpha value is -2.65. The Balaban J connectivity index is 1.53. The van der Waals surface area contributed by atoms with Crippen LogP contribution in [0.4, 0.5) is 19.0 Å². The van der Waals surface area contributed by atoms with E-state index in [-0.39, 0.29) is 6.04 Å². The largest absolute Gasteiger partial charge is 0.492 e. The van der Waals surface area contributed by atoms with E-state index in [0.717, 1.165) is 30.8 Å². The molecule has 2 aliphatic rings. The summed E-state index contributed by atoms with van der Waals surface area (Å²) in [5, 5.41) is 14.6. The highest BCUT2D eigenvalue weighted by Gasteiger charge is 2.43. The zero-order valence-electron chi connectivity index (χ0n) is 19.6. The first kappa shape index (κ1) is 24.5. The molecule has 2 aromatic rings. The number of alkyl halides is 3. The number of likely N-dealkylation sites (tertiary alicyclic amines) is 1. The third-order valence-corrected chi connectivity index (χ3v) is 6.65. The molecular formula is C25H31F3N4O2. The van der Waals surface area contributed by atoms with Gasteiger partial charge in [-0.1, -0.05) is 18.6 Å². The molecule has 0 saturated carbocycles. The maximum absolute atomic E-state index is 12.8. The fraction of sp³-hybridized carbons (Fsp3) is 0.520. The average molecular weight is 477 g/mol. The second-order valence-electron chi connectivity index (χ2n) is 9.14. The van der Waals surface area contributed by atoms with E-state index in [1.807, 2.05) is 30.9 Å². The van der Waals surface area contributed by atoms with Gasteiger partial charge in [0.15, 0.2) is 6.23 Å². The van der Waals surface area contributed by atoms with Crippen molar-refractivity contribution in [1.82, 2.24) is 14.9 Å². The number of halogens is 3. The number of aliphatic hydroxyl groups excluding tert-OH is 1. The number of nitrogens with zero attached hydrogens (tertiary/aromatic N) is 3. The van der Waals surface area contributed by atoms with Crippen molar-refractivity contribution in [3.8, 4) is 5.75 Å². The highest BCUT2D eigenvalue weighted by Crippen LogP contribution is 2.44. The molecule has 1 aliphatic carbocycles. The molecule has 0 spiro atoms. The number of aliphatic hydroxyl groups is 1. The predicted octanol–water partition coefficient (Wildman–Crippen LogP) is 4.96. The first-order valence-electron chi connectivity index (χ1n) is 11.7. The number of allylic oxidation sites excluding steroid dienone is 1. The molecule has 0 aromatic carbocycles. The second kappa shape index (κ2) is 9.92. The zero-order chi connectivity index (χ0) is 24.5. The first-order valence-corrected chi connectivity index (χ1v) is 11.7. The van der Waals surface area contributed by atoms with Crippen molar-refractivity contribution in [2.75, 3.05) is 25.0 Å². The van der Waals surface area contributed by atoms with Crippen LogP contribution in [0.2, 0.25) is 0 Å². The summed E-state index contributed by atoms with van der Waals surface area (Å²) >= 11 is 0. The molecule has 34 heavy (non-hydrogen) atoms. The highest BCUT2D eigenvalue weighted by molar-refractivity contribution is 5.37. The first-order chi connectivity index (χ1) is 16.2. The van der Waals surface area contributed by atoms with Crippen LogP contribution < -0.4 is 10.1 Å². The predicted molar refractivity (Wildman–Crippen MR) is 123 cm³/mol. The fourth-order valence-corrected chi connectivity index (χ4v) is 4.76. The Morgan fingerprint density at radius 1 is 1.24 bits per heavy atom.